The smallest absolute Gasteiger partial charge is 0.331 e. The molecule has 0 aromatic heterocycles. The quantitative estimate of drug-likeness (QED) is 0.577. The van der Waals surface area contributed by atoms with Crippen LogP contribution in [0.15, 0.2) is 24.3 Å². The monoisotopic (exact) mass is 262 g/mol. The molecule has 0 N–H and O–H groups in total. The number of hydrogen-bond donors (Lipinski definition) is 0. The van der Waals surface area contributed by atoms with E-state index in [1.165, 1.54) is 5.54 Å². The Morgan fingerprint density at radius 1 is 1.00 bits per heavy atom. The van der Waals surface area contributed by atoms with Crippen LogP contribution in [0.25, 0.3) is 0 Å². The van der Waals surface area contributed by atoms with Crippen molar-refractivity contribution in [3.63, 3.8) is 0 Å². The van der Waals surface area contributed by atoms with Crippen molar-refractivity contribution in [3.8, 4) is 0 Å². The zero-order chi connectivity index (χ0) is 13.8. The summed E-state index contributed by atoms with van der Waals surface area (Å²) in [5.74, 6) is -1.08. The maximum absolute atomic E-state index is 10.9. The molecule has 0 heterocycles. The molecule has 0 aliphatic heterocycles. The highest BCUT2D eigenvalue weighted by atomic mass is 35.5. The first-order valence-corrected chi connectivity index (χ1v) is 5.57. The summed E-state index contributed by atoms with van der Waals surface area (Å²) in [6.45, 7) is 10.1. The molecule has 0 fully saturated rings. The molecule has 98 valence electrons. The van der Waals surface area contributed by atoms with E-state index < -0.39 is 11.9 Å². The molecule has 0 spiro atoms. The van der Waals surface area contributed by atoms with Gasteiger partial charge in [0.1, 0.15) is 0 Å². The molecular formula is C12H19ClO4. The van der Waals surface area contributed by atoms with Gasteiger partial charge in [-0.15, -0.1) is 0 Å². The summed E-state index contributed by atoms with van der Waals surface area (Å²) in [6, 6.07) is 0. The van der Waals surface area contributed by atoms with Crippen LogP contribution >= 0.6 is 11.6 Å². The van der Waals surface area contributed by atoms with Gasteiger partial charge in [0, 0.05) is 12.2 Å². The second-order valence-electron chi connectivity index (χ2n) is 3.46. The van der Waals surface area contributed by atoms with E-state index in [0.29, 0.717) is 0 Å². The average Bonchev–Trinajstić information content (AvgIpc) is 2.14. The van der Waals surface area contributed by atoms with E-state index in [4.69, 9.17) is 21.1 Å². The molecule has 0 aliphatic carbocycles. The Kier molecular flexibility index (Phi) is 11.9. The molecular weight excluding hydrogens is 244 g/mol. The molecule has 0 saturated heterocycles. The second kappa shape index (κ2) is 11.2. The van der Waals surface area contributed by atoms with Crippen LogP contribution in [0.3, 0.4) is 0 Å². The number of ether oxygens (including phenoxy) is 2. The number of halogens is 1. The standard InChI is InChI=1S/C10H16O4.C2H3Cl/c1-7(2)13-9(11)5-6-10(12)14-8(3)4;1-2-3/h5-8H,1-4H3;2H,1H2/b6-5-;. The van der Waals surface area contributed by atoms with Crippen molar-refractivity contribution in [1.29, 1.82) is 0 Å². The van der Waals surface area contributed by atoms with Gasteiger partial charge in [0.15, 0.2) is 0 Å². The number of esters is 2. The van der Waals surface area contributed by atoms with Gasteiger partial charge in [0.25, 0.3) is 0 Å². The van der Waals surface area contributed by atoms with Gasteiger partial charge < -0.3 is 9.47 Å². The molecule has 0 radical (unpaired) electrons. The number of hydrogen-bond acceptors (Lipinski definition) is 4. The lowest BCUT2D eigenvalue weighted by molar-refractivity contribution is -0.144. The third-order valence-corrected chi connectivity index (χ3v) is 1.06. The third kappa shape index (κ3) is 17.3. The Labute approximate surface area is 107 Å². The van der Waals surface area contributed by atoms with Gasteiger partial charge in [-0.1, -0.05) is 18.2 Å². The molecule has 0 aromatic rings. The minimum absolute atomic E-state index is 0.187. The van der Waals surface area contributed by atoms with Crippen LogP contribution < -0.4 is 0 Å². The molecule has 4 nitrogen and oxygen atoms in total. The predicted octanol–water partition coefficient (Wildman–Crippen LogP) is 2.81. The summed E-state index contributed by atoms with van der Waals surface area (Å²) < 4.78 is 9.54. The number of rotatable bonds is 4. The highest BCUT2D eigenvalue weighted by molar-refractivity contribution is 6.25. The lowest BCUT2D eigenvalue weighted by atomic mass is 10.4. The fraction of sp³-hybridized carbons (Fsp3) is 0.500. The van der Waals surface area contributed by atoms with Gasteiger partial charge >= 0.3 is 11.9 Å². The van der Waals surface area contributed by atoms with Gasteiger partial charge in [-0.25, -0.2) is 9.59 Å². The molecule has 17 heavy (non-hydrogen) atoms. The van der Waals surface area contributed by atoms with Crippen molar-refractivity contribution in [3.05, 3.63) is 24.3 Å². The fourth-order valence-corrected chi connectivity index (χ4v) is 0.679. The van der Waals surface area contributed by atoms with Gasteiger partial charge in [-0.2, -0.15) is 0 Å². The maximum atomic E-state index is 10.9. The summed E-state index contributed by atoms with van der Waals surface area (Å²) in [7, 11) is 0. The third-order valence-electron chi connectivity index (χ3n) is 1.06. The fourth-order valence-electron chi connectivity index (χ4n) is 0.679. The summed E-state index contributed by atoms with van der Waals surface area (Å²) in [5, 5.41) is 0. The van der Waals surface area contributed by atoms with Crippen LogP contribution in [-0.4, -0.2) is 24.1 Å². The van der Waals surface area contributed by atoms with Gasteiger partial charge in [-0.3, -0.25) is 0 Å². The van der Waals surface area contributed by atoms with Crippen LogP contribution in [0.5, 0.6) is 0 Å². The van der Waals surface area contributed by atoms with E-state index in [1.807, 2.05) is 0 Å². The molecule has 0 amide bonds. The van der Waals surface area contributed by atoms with Crippen molar-refractivity contribution < 1.29 is 19.1 Å². The topological polar surface area (TPSA) is 52.6 Å². The molecule has 5 heteroatoms. The SMILES string of the molecule is C=CCl.CC(C)OC(=O)/C=C\C(=O)OC(C)C. The first-order valence-electron chi connectivity index (χ1n) is 5.13. The molecule has 0 unspecified atom stereocenters. The Balaban J connectivity index is 0. The second-order valence-corrected chi connectivity index (χ2v) is 3.77. The first kappa shape index (κ1) is 18.1. The van der Waals surface area contributed by atoms with Gasteiger partial charge in [-0.05, 0) is 33.2 Å². The van der Waals surface area contributed by atoms with Crippen molar-refractivity contribution >= 4 is 23.5 Å². The molecule has 0 aliphatic rings. The zero-order valence-electron chi connectivity index (χ0n) is 10.6. The summed E-state index contributed by atoms with van der Waals surface area (Å²) in [5.41, 5.74) is 1.22. The summed E-state index contributed by atoms with van der Waals surface area (Å²) in [4.78, 5) is 21.9. The predicted molar refractivity (Wildman–Crippen MR) is 67.6 cm³/mol. The van der Waals surface area contributed by atoms with E-state index in [9.17, 15) is 9.59 Å². The lowest BCUT2D eigenvalue weighted by Crippen LogP contribution is -2.11. The zero-order valence-corrected chi connectivity index (χ0v) is 11.4. The van der Waals surface area contributed by atoms with E-state index in [2.05, 4.69) is 6.58 Å². The van der Waals surface area contributed by atoms with Crippen molar-refractivity contribution in [2.45, 2.75) is 39.9 Å². The lowest BCUT2D eigenvalue weighted by Gasteiger charge is -2.05. The number of carbonyl (C=O) groups is 2. The van der Waals surface area contributed by atoms with Crippen molar-refractivity contribution in [1.82, 2.24) is 0 Å². The maximum Gasteiger partial charge on any atom is 0.331 e. The van der Waals surface area contributed by atoms with Crippen molar-refractivity contribution in [2.75, 3.05) is 0 Å². The van der Waals surface area contributed by atoms with Crippen LogP contribution in [0.2, 0.25) is 0 Å². The molecule has 0 saturated carbocycles. The van der Waals surface area contributed by atoms with Crippen LogP contribution in [-0.2, 0) is 19.1 Å². The number of carbonyl (C=O) groups excluding carboxylic acids is 2. The normalized spacial score (nSPS) is 9.82. The highest BCUT2D eigenvalue weighted by Gasteiger charge is 2.03. The summed E-state index contributed by atoms with van der Waals surface area (Å²) in [6.07, 6.45) is 1.75. The van der Waals surface area contributed by atoms with E-state index in [0.717, 1.165) is 12.2 Å². The first-order chi connectivity index (χ1) is 7.83. The molecule has 0 rings (SSSR count). The Hall–Kier alpha value is -1.29. The van der Waals surface area contributed by atoms with Gasteiger partial charge in [0.2, 0.25) is 0 Å². The van der Waals surface area contributed by atoms with Crippen molar-refractivity contribution in [2.24, 2.45) is 0 Å². The Morgan fingerprint density at radius 2 is 1.24 bits per heavy atom. The molecule has 0 bridgehead atoms. The van der Waals surface area contributed by atoms with Crippen LogP contribution in [0.4, 0.5) is 0 Å². The van der Waals surface area contributed by atoms with E-state index >= 15 is 0 Å². The van der Waals surface area contributed by atoms with Gasteiger partial charge in [0.05, 0.1) is 12.2 Å². The Morgan fingerprint density at radius 3 is 1.41 bits per heavy atom. The average molecular weight is 263 g/mol. The summed E-state index contributed by atoms with van der Waals surface area (Å²) >= 11 is 4.76. The Bertz CT molecular complexity index is 246. The van der Waals surface area contributed by atoms with Crippen LogP contribution in [0.1, 0.15) is 27.7 Å². The van der Waals surface area contributed by atoms with E-state index in [1.54, 1.807) is 27.7 Å². The highest BCUT2D eigenvalue weighted by Crippen LogP contribution is 1.93. The largest absolute Gasteiger partial charge is 0.460 e. The molecule has 0 aromatic carbocycles. The molecule has 0 atom stereocenters. The minimum Gasteiger partial charge on any atom is -0.460 e. The van der Waals surface area contributed by atoms with Crippen LogP contribution in [0, 0.1) is 0 Å². The van der Waals surface area contributed by atoms with E-state index in [-0.39, 0.29) is 12.2 Å². The minimum atomic E-state index is -0.541.